The molecule has 4 aromatic rings. The number of carbonyl (C=O) groups is 1. The Morgan fingerprint density at radius 3 is 2.05 bits per heavy atom. The van der Waals surface area contributed by atoms with Crippen molar-refractivity contribution < 1.29 is 27.4 Å². The Bertz CT molecular complexity index is 1530. The number of methoxy groups -OCH3 is 2. The number of hydrogen-bond donors (Lipinski definition) is 0. The van der Waals surface area contributed by atoms with Crippen LogP contribution in [0.2, 0.25) is 0 Å². The summed E-state index contributed by atoms with van der Waals surface area (Å²) in [7, 11) is 5.18. The van der Waals surface area contributed by atoms with Gasteiger partial charge in [0.1, 0.15) is 11.5 Å². The SMILES string of the molecule is COc1ccc(-c2nc(SCC(=O)N3CCN(c4cccc(C(F)(F)F)c4)CC3)n(C)c2-c2ccc(OC)cc2)cc1. The third-order valence-electron chi connectivity index (χ3n) is 7.28. The molecule has 0 bridgehead atoms. The van der Waals surface area contributed by atoms with Crippen molar-refractivity contribution in [1.29, 1.82) is 0 Å². The lowest BCUT2D eigenvalue weighted by atomic mass is 10.0. The van der Waals surface area contributed by atoms with E-state index in [0.717, 1.165) is 46.1 Å². The lowest BCUT2D eigenvalue weighted by molar-refractivity contribution is -0.137. The zero-order valence-corrected chi connectivity index (χ0v) is 24.3. The highest BCUT2D eigenvalue weighted by atomic mass is 32.2. The molecular weight excluding hydrogens is 565 g/mol. The van der Waals surface area contributed by atoms with Crippen LogP contribution >= 0.6 is 11.8 Å². The van der Waals surface area contributed by atoms with Crippen molar-refractivity contribution in [3.63, 3.8) is 0 Å². The zero-order chi connectivity index (χ0) is 29.9. The van der Waals surface area contributed by atoms with E-state index in [4.69, 9.17) is 14.5 Å². The molecule has 42 heavy (non-hydrogen) atoms. The molecule has 0 saturated carbocycles. The van der Waals surface area contributed by atoms with Crippen molar-refractivity contribution in [3.8, 4) is 34.0 Å². The van der Waals surface area contributed by atoms with Gasteiger partial charge in [-0.25, -0.2) is 4.98 Å². The van der Waals surface area contributed by atoms with Crippen LogP contribution in [0.25, 0.3) is 22.5 Å². The van der Waals surface area contributed by atoms with Crippen LogP contribution < -0.4 is 14.4 Å². The van der Waals surface area contributed by atoms with E-state index in [0.29, 0.717) is 37.0 Å². The molecule has 1 saturated heterocycles. The van der Waals surface area contributed by atoms with Gasteiger partial charge < -0.3 is 23.8 Å². The van der Waals surface area contributed by atoms with Crippen LogP contribution in [0.1, 0.15) is 5.56 Å². The maximum Gasteiger partial charge on any atom is 0.416 e. The van der Waals surface area contributed by atoms with Crippen molar-refractivity contribution in [2.45, 2.75) is 11.3 Å². The lowest BCUT2D eigenvalue weighted by Crippen LogP contribution is -2.49. The van der Waals surface area contributed by atoms with Gasteiger partial charge in [-0.3, -0.25) is 4.79 Å². The molecule has 220 valence electrons. The molecule has 3 aromatic carbocycles. The maximum absolute atomic E-state index is 13.2. The van der Waals surface area contributed by atoms with Crippen LogP contribution in [0.3, 0.4) is 0 Å². The van der Waals surface area contributed by atoms with Crippen LogP contribution in [0, 0.1) is 0 Å². The van der Waals surface area contributed by atoms with Gasteiger partial charge in [0.05, 0.1) is 36.9 Å². The number of anilines is 1. The highest BCUT2D eigenvalue weighted by molar-refractivity contribution is 7.99. The summed E-state index contributed by atoms with van der Waals surface area (Å²) in [6.07, 6.45) is -4.39. The van der Waals surface area contributed by atoms with Gasteiger partial charge >= 0.3 is 6.18 Å². The third-order valence-corrected chi connectivity index (χ3v) is 8.29. The predicted octanol–water partition coefficient (Wildman–Crippen LogP) is 6.23. The molecule has 1 fully saturated rings. The van der Waals surface area contributed by atoms with E-state index in [1.54, 1.807) is 25.2 Å². The number of hydrogen-bond acceptors (Lipinski definition) is 6. The average molecular weight is 597 g/mol. The summed E-state index contributed by atoms with van der Waals surface area (Å²) in [6, 6.07) is 20.8. The Labute approximate surface area is 246 Å². The highest BCUT2D eigenvalue weighted by Crippen LogP contribution is 2.37. The van der Waals surface area contributed by atoms with E-state index < -0.39 is 11.7 Å². The number of ether oxygens (including phenoxy) is 2. The Morgan fingerprint density at radius 2 is 1.48 bits per heavy atom. The molecule has 1 aliphatic rings. The number of halogens is 3. The number of piperazine rings is 1. The van der Waals surface area contributed by atoms with Gasteiger partial charge in [-0.2, -0.15) is 13.2 Å². The van der Waals surface area contributed by atoms with Gasteiger partial charge in [0.2, 0.25) is 5.91 Å². The quantitative estimate of drug-likeness (QED) is 0.225. The molecule has 0 spiro atoms. The second kappa shape index (κ2) is 12.4. The summed E-state index contributed by atoms with van der Waals surface area (Å²) >= 11 is 1.36. The average Bonchev–Trinajstić information content (AvgIpc) is 3.35. The predicted molar refractivity (Wildman–Crippen MR) is 158 cm³/mol. The molecule has 0 N–H and O–H groups in total. The standard InChI is InChI=1S/C31H31F3N4O3S/c1-36-29(22-9-13-26(41-3)14-10-22)28(21-7-11-25(40-2)12-8-21)35-30(36)42-20-27(39)38-17-15-37(16-18-38)24-6-4-5-23(19-24)31(32,33)34/h4-14,19H,15-18,20H2,1-3H3. The largest absolute Gasteiger partial charge is 0.497 e. The number of imidazole rings is 1. The second-order valence-electron chi connectivity index (χ2n) is 9.81. The minimum Gasteiger partial charge on any atom is -0.497 e. The monoisotopic (exact) mass is 596 g/mol. The van der Waals surface area contributed by atoms with Gasteiger partial charge in [-0.05, 0) is 66.7 Å². The van der Waals surface area contributed by atoms with Crippen LogP contribution in [0.5, 0.6) is 11.5 Å². The minimum atomic E-state index is -4.39. The first kappa shape index (κ1) is 29.4. The van der Waals surface area contributed by atoms with Crippen molar-refractivity contribution in [1.82, 2.24) is 14.5 Å². The number of carbonyl (C=O) groups excluding carboxylic acids is 1. The van der Waals surface area contributed by atoms with Gasteiger partial charge in [0.15, 0.2) is 5.16 Å². The fourth-order valence-corrected chi connectivity index (χ4v) is 5.82. The molecular formula is C31H31F3N4O3S. The molecule has 7 nitrogen and oxygen atoms in total. The summed E-state index contributed by atoms with van der Waals surface area (Å²) < 4.78 is 52.1. The number of rotatable bonds is 8. The summed E-state index contributed by atoms with van der Waals surface area (Å²) in [5.74, 6) is 1.65. The molecule has 11 heteroatoms. The van der Waals surface area contributed by atoms with E-state index >= 15 is 0 Å². The minimum absolute atomic E-state index is 0.0383. The summed E-state index contributed by atoms with van der Waals surface area (Å²) in [5.41, 5.74) is 3.41. The third kappa shape index (κ3) is 6.35. The first-order valence-electron chi connectivity index (χ1n) is 13.4. The fourth-order valence-electron chi connectivity index (χ4n) is 4.95. The van der Waals surface area contributed by atoms with Gasteiger partial charge in [-0.15, -0.1) is 0 Å². The van der Waals surface area contributed by atoms with E-state index in [1.807, 2.05) is 65.0 Å². The first-order chi connectivity index (χ1) is 20.2. The second-order valence-corrected chi connectivity index (χ2v) is 10.8. The zero-order valence-electron chi connectivity index (χ0n) is 23.5. The molecule has 1 amide bonds. The van der Waals surface area contributed by atoms with Crippen molar-refractivity contribution in [2.75, 3.05) is 51.1 Å². The number of amides is 1. The first-order valence-corrected chi connectivity index (χ1v) is 14.3. The summed E-state index contributed by atoms with van der Waals surface area (Å²) in [4.78, 5) is 21.7. The number of nitrogens with zero attached hydrogens (tertiary/aromatic N) is 4. The maximum atomic E-state index is 13.2. The molecule has 5 rings (SSSR count). The smallest absolute Gasteiger partial charge is 0.416 e. The van der Waals surface area contributed by atoms with Crippen LogP contribution in [0.4, 0.5) is 18.9 Å². The molecule has 0 radical (unpaired) electrons. The van der Waals surface area contributed by atoms with Gasteiger partial charge in [0, 0.05) is 50.0 Å². The van der Waals surface area contributed by atoms with Gasteiger partial charge in [-0.1, -0.05) is 17.8 Å². The van der Waals surface area contributed by atoms with Crippen molar-refractivity contribution in [3.05, 3.63) is 78.4 Å². The van der Waals surface area contributed by atoms with Crippen LogP contribution in [0.15, 0.2) is 78.0 Å². The molecule has 1 aliphatic heterocycles. The van der Waals surface area contributed by atoms with Gasteiger partial charge in [0.25, 0.3) is 0 Å². The topological polar surface area (TPSA) is 59.8 Å². The Balaban J connectivity index is 1.29. The van der Waals surface area contributed by atoms with Crippen molar-refractivity contribution >= 4 is 23.4 Å². The number of aromatic nitrogens is 2. The highest BCUT2D eigenvalue weighted by Gasteiger charge is 2.31. The van der Waals surface area contributed by atoms with Crippen LogP contribution in [-0.2, 0) is 18.0 Å². The number of thioether (sulfide) groups is 1. The van der Waals surface area contributed by atoms with E-state index in [9.17, 15) is 18.0 Å². The van der Waals surface area contributed by atoms with Crippen molar-refractivity contribution in [2.24, 2.45) is 7.05 Å². The Hall–Kier alpha value is -4.12. The molecule has 0 atom stereocenters. The molecule has 0 aliphatic carbocycles. The van der Waals surface area contributed by atoms with E-state index in [2.05, 4.69) is 0 Å². The summed E-state index contributed by atoms with van der Waals surface area (Å²) in [6.45, 7) is 1.79. The Morgan fingerprint density at radius 1 is 0.881 bits per heavy atom. The molecule has 0 unspecified atom stereocenters. The molecule has 2 heterocycles. The normalized spacial score (nSPS) is 13.8. The molecule has 1 aromatic heterocycles. The summed E-state index contributed by atoms with van der Waals surface area (Å²) in [5, 5.41) is 0.697. The van der Waals surface area contributed by atoms with E-state index in [-0.39, 0.29) is 11.7 Å². The number of alkyl halides is 3. The lowest BCUT2D eigenvalue weighted by Gasteiger charge is -2.36. The number of benzene rings is 3. The Kier molecular flexibility index (Phi) is 8.67. The fraction of sp³-hybridized carbons (Fsp3) is 0.290. The van der Waals surface area contributed by atoms with E-state index in [1.165, 1.54) is 17.8 Å². The van der Waals surface area contributed by atoms with Crippen LogP contribution in [-0.4, -0.2) is 66.5 Å².